The predicted molar refractivity (Wildman–Crippen MR) is 138 cm³/mol. The second kappa shape index (κ2) is 10.3. The van der Waals surface area contributed by atoms with Crippen LogP contribution in [0.4, 0.5) is 0 Å². The summed E-state index contributed by atoms with van der Waals surface area (Å²) < 4.78 is 41.1. The molecule has 0 saturated heterocycles. The van der Waals surface area contributed by atoms with Gasteiger partial charge in [-0.3, -0.25) is 4.55 Å². The number of benzene rings is 4. The summed E-state index contributed by atoms with van der Waals surface area (Å²) in [4.78, 5) is -0.0519. The lowest BCUT2D eigenvalue weighted by atomic mass is 9.87. The zero-order chi connectivity index (χ0) is 22.7. The highest BCUT2D eigenvalue weighted by Gasteiger charge is 2.26. The highest BCUT2D eigenvalue weighted by molar-refractivity contribution is 7.86. The van der Waals surface area contributed by atoms with Crippen LogP contribution < -0.4 is 4.74 Å². The van der Waals surface area contributed by atoms with Crippen LogP contribution in [0.2, 0.25) is 0 Å². The van der Waals surface area contributed by atoms with Crippen LogP contribution in [0.25, 0.3) is 22.3 Å². The fourth-order valence-corrected chi connectivity index (χ4v) is 5.06. The first-order valence-corrected chi connectivity index (χ1v) is 11.7. The van der Waals surface area contributed by atoms with Gasteiger partial charge in [0, 0.05) is 5.56 Å². The number of ether oxygens (including phenoxy) is 1. The van der Waals surface area contributed by atoms with Gasteiger partial charge in [0.1, 0.15) is 10.6 Å². The Balaban J connectivity index is 0.00000306. The van der Waals surface area contributed by atoms with Gasteiger partial charge in [-0.15, -0.1) is 0 Å². The molecule has 0 fully saturated rings. The van der Waals surface area contributed by atoms with Crippen molar-refractivity contribution in [2.45, 2.75) is 18.2 Å². The molecule has 0 aliphatic carbocycles. The maximum Gasteiger partial charge on any atom is 0.295 e. The van der Waals surface area contributed by atoms with Gasteiger partial charge in [0.15, 0.2) is 0 Å². The molecule has 0 aliphatic heterocycles. The quantitative estimate of drug-likeness (QED) is 0.331. The topological polar surface area (TPSA) is 63.6 Å². The van der Waals surface area contributed by atoms with E-state index in [1.165, 1.54) is 0 Å². The van der Waals surface area contributed by atoms with E-state index in [0.717, 1.165) is 33.6 Å². The monoisotopic (exact) mass is 478 g/mol. The fraction of sp³-hybridized carbons (Fsp3) is 0.111. The normalized spacial score (nSPS) is 11.0. The Morgan fingerprint density at radius 1 is 0.788 bits per heavy atom. The SMILES string of the molecule is COc1ccc(Cc2cc(C)c(-c3ccccc3)c(-c3ccccc3)c2S(=O)(=O)O)cc1.S. The number of rotatable bonds is 6. The van der Waals surface area contributed by atoms with Gasteiger partial charge in [-0.1, -0.05) is 78.9 Å². The van der Waals surface area contributed by atoms with E-state index < -0.39 is 10.1 Å². The first-order chi connectivity index (χ1) is 15.4. The molecule has 0 aromatic heterocycles. The van der Waals surface area contributed by atoms with Crippen LogP contribution in [-0.4, -0.2) is 20.1 Å². The number of hydrogen-bond acceptors (Lipinski definition) is 3. The maximum absolute atomic E-state index is 12.8. The van der Waals surface area contributed by atoms with E-state index in [9.17, 15) is 13.0 Å². The van der Waals surface area contributed by atoms with Crippen molar-refractivity contribution in [3.63, 3.8) is 0 Å². The molecule has 4 nitrogen and oxygen atoms in total. The van der Waals surface area contributed by atoms with E-state index in [1.54, 1.807) is 7.11 Å². The van der Waals surface area contributed by atoms with E-state index in [2.05, 4.69) is 0 Å². The number of hydrogen-bond donors (Lipinski definition) is 1. The summed E-state index contributed by atoms with van der Waals surface area (Å²) in [7, 11) is -2.92. The van der Waals surface area contributed by atoms with Crippen LogP contribution in [0.3, 0.4) is 0 Å². The van der Waals surface area contributed by atoms with Gasteiger partial charge in [-0.2, -0.15) is 21.9 Å². The Bertz CT molecular complexity index is 1330. The molecule has 6 heteroatoms. The molecular formula is C27H26O4S2. The Hall–Kier alpha value is -3.06. The lowest BCUT2D eigenvalue weighted by Gasteiger charge is -2.21. The lowest BCUT2D eigenvalue weighted by molar-refractivity contribution is 0.414. The molecule has 0 radical (unpaired) electrons. The summed E-state index contributed by atoms with van der Waals surface area (Å²) in [5.41, 5.74) is 5.34. The first-order valence-electron chi connectivity index (χ1n) is 10.3. The molecule has 4 aromatic rings. The summed E-state index contributed by atoms with van der Waals surface area (Å²) in [6.45, 7) is 1.97. The zero-order valence-electron chi connectivity index (χ0n) is 18.4. The van der Waals surface area contributed by atoms with Gasteiger partial charge < -0.3 is 4.74 Å². The smallest absolute Gasteiger partial charge is 0.295 e. The van der Waals surface area contributed by atoms with Crippen molar-refractivity contribution in [2.24, 2.45) is 0 Å². The van der Waals surface area contributed by atoms with E-state index in [4.69, 9.17) is 4.74 Å². The third-order valence-electron chi connectivity index (χ3n) is 5.49. The largest absolute Gasteiger partial charge is 0.497 e. The minimum absolute atomic E-state index is 0. The van der Waals surface area contributed by atoms with Crippen LogP contribution in [0.5, 0.6) is 5.75 Å². The number of aryl methyl sites for hydroxylation is 1. The minimum Gasteiger partial charge on any atom is -0.497 e. The van der Waals surface area contributed by atoms with Crippen molar-refractivity contribution in [3.8, 4) is 28.0 Å². The number of methoxy groups -OCH3 is 1. The lowest BCUT2D eigenvalue weighted by Crippen LogP contribution is -2.09. The highest BCUT2D eigenvalue weighted by Crippen LogP contribution is 2.42. The van der Waals surface area contributed by atoms with Gasteiger partial charge in [0.25, 0.3) is 10.1 Å². The van der Waals surface area contributed by atoms with Gasteiger partial charge >= 0.3 is 0 Å². The molecule has 0 atom stereocenters. The van der Waals surface area contributed by atoms with Crippen molar-refractivity contribution in [3.05, 3.63) is 108 Å². The van der Waals surface area contributed by atoms with Crippen molar-refractivity contribution in [1.82, 2.24) is 0 Å². The van der Waals surface area contributed by atoms with Crippen LogP contribution in [-0.2, 0) is 16.5 Å². The molecule has 0 spiro atoms. The molecule has 0 aliphatic rings. The van der Waals surface area contributed by atoms with Crippen LogP contribution in [0.15, 0.2) is 95.9 Å². The molecule has 33 heavy (non-hydrogen) atoms. The average molecular weight is 479 g/mol. The Labute approximate surface area is 202 Å². The second-order valence-electron chi connectivity index (χ2n) is 7.66. The third-order valence-corrected chi connectivity index (χ3v) is 6.47. The summed E-state index contributed by atoms with van der Waals surface area (Å²) in [6.07, 6.45) is 0.356. The molecular weight excluding hydrogens is 452 g/mol. The highest BCUT2D eigenvalue weighted by atomic mass is 32.2. The maximum atomic E-state index is 12.8. The molecule has 4 rings (SSSR count). The molecule has 0 amide bonds. The summed E-state index contributed by atoms with van der Waals surface area (Å²) in [5, 5.41) is 0. The Morgan fingerprint density at radius 2 is 1.30 bits per heavy atom. The molecule has 0 heterocycles. The predicted octanol–water partition coefficient (Wildman–Crippen LogP) is 6.29. The molecule has 0 unspecified atom stereocenters. The van der Waals surface area contributed by atoms with Gasteiger partial charge in [0.05, 0.1) is 7.11 Å². The molecule has 0 bridgehead atoms. The van der Waals surface area contributed by atoms with E-state index >= 15 is 0 Å². The van der Waals surface area contributed by atoms with Crippen molar-refractivity contribution >= 4 is 23.6 Å². The van der Waals surface area contributed by atoms with Gasteiger partial charge in [0.2, 0.25) is 0 Å². The third kappa shape index (κ3) is 5.30. The minimum atomic E-state index is -4.52. The van der Waals surface area contributed by atoms with Crippen molar-refractivity contribution < 1.29 is 17.7 Å². The summed E-state index contributed by atoms with van der Waals surface area (Å²) in [6, 6.07) is 28.3. The van der Waals surface area contributed by atoms with Gasteiger partial charge in [-0.25, -0.2) is 0 Å². The van der Waals surface area contributed by atoms with Crippen LogP contribution in [0.1, 0.15) is 16.7 Å². The van der Waals surface area contributed by atoms with Crippen LogP contribution >= 0.6 is 13.5 Å². The standard InChI is InChI=1S/C27H24O4S.H2S/c1-19-17-23(18-20-13-15-24(31-2)16-14-20)27(32(28,29)30)26(22-11-7-4-8-12-22)25(19)21-9-5-3-6-10-21;/h3-17H,18H2,1-2H3,(H,28,29,30);1H2. The van der Waals surface area contributed by atoms with E-state index in [1.807, 2.05) is 97.9 Å². The Kier molecular flexibility index (Phi) is 7.64. The second-order valence-corrected chi connectivity index (χ2v) is 9.02. The van der Waals surface area contributed by atoms with E-state index in [0.29, 0.717) is 17.5 Å². The first kappa shape index (κ1) is 24.6. The zero-order valence-corrected chi connectivity index (χ0v) is 20.3. The van der Waals surface area contributed by atoms with Crippen LogP contribution in [0, 0.1) is 6.92 Å². The average Bonchev–Trinajstić information content (AvgIpc) is 2.79. The summed E-state index contributed by atoms with van der Waals surface area (Å²) >= 11 is 0. The van der Waals surface area contributed by atoms with Crippen molar-refractivity contribution in [2.75, 3.05) is 7.11 Å². The molecule has 0 saturated carbocycles. The molecule has 1 N–H and O–H groups in total. The molecule has 4 aromatic carbocycles. The Morgan fingerprint density at radius 3 is 1.79 bits per heavy atom. The summed E-state index contributed by atoms with van der Waals surface area (Å²) in [5.74, 6) is 0.726. The van der Waals surface area contributed by atoms with E-state index in [-0.39, 0.29) is 18.4 Å². The van der Waals surface area contributed by atoms with Gasteiger partial charge in [-0.05, 0) is 58.9 Å². The fourth-order valence-electron chi connectivity index (χ4n) is 4.12. The van der Waals surface area contributed by atoms with Crippen molar-refractivity contribution in [1.29, 1.82) is 0 Å². The molecule has 170 valence electrons.